The lowest BCUT2D eigenvalue weighted by atomic mass is 10.3. The number of hydrogen-bond acceptors (Lipinski definition) is 4. The predicted molar refractivity (Wildman–Crippen MR) is 73.1 cm³/mol. The Morgan fingerprint density at radius 1 is 1.47 bits per heavy atom. The number of thiophene rings is 1. The number of hydrogen-bond donors (Lipinski definition) is 1. The van der Waals surface area contributed by atoms with Crippen molar-refractivity contribution in [2.45, 2.75) is 24.0 Å². The van der Waals surface area contributed by atoms with Gasteiger partial charge in [-0.05, 0) is 47.3 Å². The van der Waals surface area contributed by atoms with Gasteiger partial charge in [0.15, 0.2) is 0 Å². The molecule has 1 aromatic rings. The third kappa shape index (κ3) is 4.67. The first-order chi connectivity index (χ1) is 7.97. The maximum atomic E-state index is 11.9. The molecule has 0 radical (unpaired) electrons. The summed E-state index contributed by atoms with van der Waals surface area (Å²) in [6.07, 6.45) is 1.63. The number of sulfonamides is 1. The van der Waals surface area contributed by atoms with Crippen molar-refractivity contribution in [2.24, 2.45) is 0 Å². The third-order valence-corrected chi connectivity index (χ3v) is 6.24. The van der Waals surface area contributed by atoms with Crippen LogP contribution in [0.1, 0.15) is 18.4 Å². The quantitative estimate of drug-likeness (QED) is 0.775. The average Bonchev–Trinajstić information content (AvgIpc) is 2.60. The molecule has 0 amide bonds. The maximum absolute atomic E-state index is 11.9. The van der Waals surface area contributed by atoms with Gasteiger partial charge in [0, 0.05) is 20.3 Å². The van der Waals surface area contributed by atoms with E-state index in [2.05, 4.69) is 20.7 Å². The molecule has 0 aliphatic rings. The van der Waals surface area contributed by atoms with Crippen LogP contribution < -0.4 is 4.72 Å². The summed E-state index contributed by atoms with van der Waals surface area (Å²) in [6.45, 7) is 2.98. The van der Waals surface area contributed by atoms with Crippen molar-refractivity contribution in [2.75, 3.05) is 20.3 Å². The summed E-state index contributed by atoms with van der Waals surface area (Å²) in [6, 6.07) is 1.67. The van der Waals surface area contributed by atoms with Gasteiger partial charge in [0.05, 0.1) is 3.79 Å². The van der Waals surface area contributed by atoms with E-state index in [1.54, 1.807) is 13.2 Å². The molecule has 0 aromatic carbocycles. The Kier molecular flexibility index (Phi) is 6.08. The Morgan fingerprint density at radius 2 is 2.18 bits per heavy atom. The van der Waals surface area contributed by atoms with Crippen LogP contribution in [-0.4, -0.2) is 28.7 Å². The van der Waals surface area contributed by atoms with Crippen LogP contribution in [0.2, 0.25) is 0 Å². The molecule has 98 valence electrons. The average molecular weight is 342 g/mol. The molecule has 17 heavy (non-hydrogen) atoms. The molecule has 1 N–H and O–H groups in total. The van der Waals surface area contributed by atoms with Crippen molar-refractivity contribution in [3.8, 4) is 0 Å². The largest absolute Gasteiger partial charge is 0.385 e. The summed E-state index contributed by atoms with van der Waals surface area (Å²) in [5.74, 6) is 0. The highest BCUT2D eigenvalue weighted by Crippen LogP contribution is 2.30. The predicted octanol–water partition coefficient (Wildman–Crippen LogP) is 2.52. The molecular formula is C10H16BrNO3S2. The zero-order valence-electron chi connectivity index (χ0n) is 9.82. The first-order valence-corrected chi connectivity index (χ1v) is 8.31. The van der Waals surface area contributed by atoms with E-state index in [0.29, 0.717) is 17.4 Å². The minimum atomic E-state index is -3.35. The fraction of sp³-hybridized carbons (Fsp3) is 0.600. The van der Waals surface area contributed by atoms with Crippen LogP contribution in [0.5, 0.6) is 0 Å². The van der Waals surface area contributed by atoms with Crippen LogP contribution in [-0.2, 0) is 14.8 Å². The topological polar surface area (TPSA) is 55.4 Å². The molecule has 0 aliphatic carbocycles. The first-order valence-electron chi connectivity index (χ1n) is 5.22. The second-order valence-electron chi connectivity index (χ2n) is 3.62. The van der Waals surface area contributed by atoms with Gasteiger partial charge >= 0.3 is 0 Å². The van der Waals surface area contributed by atoms with E-state index in [-0.39, 0.29) is 0 Å². The van der Waals surface area contributed by atoms with Crippen molar-refractivity contribution in [3.63, 3.8) is 0 Å². The van der Waals surface area contributed by atoms with Gasteiger partial charge in [-0.2, -0.15) is 0 Å². The van der Waals surface area contributed by atoms with E-state index in [1.165, 1.54) is 11.3 Å². The number of aryl methyl sites for hydroxylation is 1. The van der Waals surface area contributed by atoms with Crippen molar-refractivity contribution < 1.29 is 13.2 Å². The van der Waals surface area contributed by atoms with Crippen LogP contribution in [0, 0.1) is 6.92 Å². The molecule has 0 bridgehead atoms. The molecular weight excluding hydrogens is 326 g/mol. The minimum absolute atomic E-state index is 0.355. The molecule has 0 fully saturated rings. The first kappa shape index (κ1) is 15.1. The summed E-state index contributed by atoms with van der Waals surface area (Å²) >= 11 is 4.55. The maximum Gasteiger partial charge on any atom is 0.250 e. The highest BCUT2D eigenvalue weighted by atomic mass is 79.9. The summed E-state index contributed by atoms with van der Waals surface area (Å²) in [7, 11) is -1.72. The monoisotopic (exact) mass is 341 g/mol. The number of nitrogens with one attached hydrogen (secondary N) is 1. The van der Waals surface area contributed by atoms with Gasteiger partial charge in [0.2, 0.25) is 10.0 Å². The Morgan fingerprint density at radius 3 is 2.71 bits per heavy atom. The Labute approximate surface area is 115 Å². The van der Waals surface area contributed by atoms with Gasteiger partial charge in [-0.15, -0.1) is 11.3 Å². The van der Waals surface area contributed by atoms with E-state index in [9.17, 15) is 8.42 Å². The lowest BCUT2D eigenvalue weighted by Gasteiger charge is -2.04. The van der Waals surface area contributed by atoms with E-state index in [4.69, 9.17) is 4.74 Å². The summed E-state index contributed by atoms with van der Waals surface area (Å²) in [5, 5.41) is 0. The highest BCUT2D eigenvalue weighted by Gasteiger charge is 2.17. The molecule has 1 aromatic heterocycles. The molecule has 0 unspecified atom stereocenters. The summed E-state index contributed by atoms with van der Waals surface area (Å²) in [4.78, 5) is 0. The van der Waals surface area contributed by atoms with Crippen LogP contribution in [0.4, 0.5) is 0 Å². The second-order valence-corrected chi connectivity index (χ2v) is 7.98. The van der Waals surface area contributed by atoms with E-state index >= 15 is 0 Å². The fourth-order valence-corrected chi connectivity index (χ4v) is 4.56. The van der Waals surface area contributed by atoms with Crippen molar-refractivity contribution in [3.05, 3.63) is 15.4 Å². The van der Waals surface area contributed by atoms with Crippen molar-refractivity contribution >= 4 is 37.3 Å². The number of ether oxygens (including phenoxy) is 1. The second kappa shape index (κ2) is 6.84. The van der Waals surface area contributed by atoms with Crippen LogP contribution in [0.3, 0.4) is 0 Å². The zero-order chi connectivity index (χ0) is 12.9. The standard InChI is InChI=1S/C10H16BrNO3S2/c1-8-7-9(16-10(8)11)17(13,14)12-5-3-4-6-15-2/h7,12H,3-6H2,1-2H3. The Balaban J connectivity index is 2.51. The van der Waals surface area contributed by atoms with E-state index < -0.39 is 10.0 Å². The molecule has 0 spiro atoms. The van der Waals surface area contributed by atoms with Crippen molar-refractivity contribution in [1.29, 1.82) is 0 Å². The third-order valence-electron chi connectivity index (χ3n) is 2.17. The fourth-order valence-electron chi connectivity index (χ4n) is 1.21. The number of unbranched alkanes of at least 4 members (excludes halogenated alkanes) is 1. The van der Waals surface area contributed by atoms with E-state index in [0.717, 1.165) is 22.2 Å². The van der Waals surface area contributed by atoms with Gasteiger partial charge in [-0.3, -0.25) is 0 Å². The van der Waals surface area contributed by atoms with Gasteiger partial charge in [0.25, 0.3) is 0 Å². The summed E-state index contributed by atoms with van der Waals surface area (Å²) in [5.41, 5.74) is 0.940. The molecule has 1 heterocycles. The molecule has 0 aliphatic heterocycles. The number of rotatable bonds is 7. The Bertz CT molecular complexity index is 437. The SMILES string of the molecule is COCCCCNS(=O)(=O)c1cc(C)c(Br)s1. The summed E-state index contributed by atoms with van der Waals surface area (Å²) < 4.78 is 32.4. The zero-order valence-corrected chi connectivity index (χ0v) is 13.0. The van der Waals surface area contributed by atoms with Crippen molar-refractivity contribution in [1.82, 2.24) is 4.72 Å². The lowest BCUT2D eigenvalue weighted by Crippen LogP contribution is -2.24. The molecule has 0 saturated carbocycles. The number of methoxy groups -OCH3 is 1. The van der Waals surface area contributed by atoms with Gasteiger partial charge in [0.1, 0.15) is 4.21 Å². The Hall–Kier alpha value is 0.0500. The van der Waals surface area contributed by atoms with Crippen LogP contribution in [0.25, 0.3) is 0 Å². The highest BCUT2D eigenvalue weighted by molar-refractivity contribution is 9.11. The lowest BCUT2D eigenvalue weighted by molar-refractivity contribution is 0.193. The molecule has 0 atom stereocenters. The van der Waals surface area contributed by atoms with Gasteiger partial charge < -0.3 is 4.74 Å². The normalized spacial score (nSPS) is 11.9. The number of halogens is 1. The molecule has 1 rings (SSSR count). The molecule has 0 saturated heterocycles. The molecule has 4 nitrogen and oxygen atoms in total. The van der Waals surface area contributed by atoms with Crippen LogP contribution in [0.15, 0.2) is 14.1 Å². The van der Waals surface area contributed by atoms with Crippen LogP contribution >= 0.6 is 27.3 Å². The molecule has 7 heteroatoms. The van der Waals surface area contributed by atoms with E-state index in [1.807, 2.05) is 6.92 Å². The van der Waals surface area contributed by atoms with Gasteiger partial charge in [-0.25, -0.2) is 13.1 Å². The van der Waals surface area contributed by atoms with Gasteiger partial charge in [-0.1, -0.05) is 0 Å². The smallest absolute Gasteiger partial charge is 0.250 e. The minimum Gasteiger partial charge on any atom is -0.385 e.